The van der Waals surface area contributed by atoms with Crippen LogP contribution in [0.5, 0.6) is 0 Å². The first-order chi connectivity index (χ1) is 7.97. The van der Waals surface area contributed by atoms with Crippen LogP contribution in [0.1, 0.15) is 24.5 Å². The van der Waals surface area contributed by atoms with Gasteiger partial charge in [-0.1, -0.05) is 11.6 Å². The largest absolute Gasteiger partial charge is 0.466 e. The van der Waals surface area contributed by atoms with Crippen LogP contribution in [0.3, 0.4) is 0 Å². The van der Waals surface area contributed by atoms with Gasteiger partial charge in [0.05, 0.1) is 13.0 Å². The predicted octanol–water partition coefficient (Wildman–Crippen LogP) is 2.07. The predicted molar refractivity (Wildman–Crippen MR) is 57.4 cm³/mol. The lowest BCUT2D eigenvalue weighted by atomic mass is 10.1. The maximum atomic E-state index is 12.6. The molecule has 1 aromatic rings. The Morgan fingerprint density at radius 3 is 2.76 bits per heavy atom. The molecule has 0 fully saturated rings. The number of pyridine rings is 1. The molecule has 17 heavy (non-hydrogen) atoms. The smallest absolute Gasteiger partial charge is 0.310 e. The van der Waals surface area contributed by atoms with Crippen LogP contribution in [0.15, 0.2) is 11.0 Å². The molecule has 1 heterocycles. The Labute approximate surface area is 101 Å². The molecule has 0 aliphatic heterocycles. The lowest BCUT2D eigenvalue weighted by Gasteiger charge is -2.09. The van der Waals surface area contributed by atoms with E-state index < -0.39 is 35.0 Å². The molecule has 4 nitrogen and oxygen atoms in total. The highest BCUT2D eigenvalue weighted by Crippen LogP contribution is 2.25. The Morgan fingerprint density at radius 2 is 2.24 bits per heavy atom. The Bertz CT molecular complexity index is 473. The second-order valence-electron chi connectivity index (χ2n) is 3.15. The fourth-order valence-electron chi connectivity index (χ4n) is 1.29. The summed E-state index contributed by atoms with van der Waals surface area (Å²) in [6.45, 7) is 1.72. The van der Waals surface area contributed by atoms with Crippen molar-refractivity contribution < 1.29 is 18.3 Å². The van der Waals surface area contributed by atoms with E-state index in [1.807, 2.05) is 0 Å². The summed E-state index contributed by atoms with van der Waals surface area (Å²) >= 11 is 5.60. The average molecular weight is 266 g/mol. The number of carbonyl (C=O) groups excluding carboxylic acids is 1. The molecular formula is C10H10ClF2NO3. The molecule has 0 saturated heterocycles. The third kappa shape index (κ3) is 3.26. The molecule has 0 unspecified atom stereocenters. The van der Waals surface area contributed by atoms with E-state index in [0.29, 0.717) is 0 Å². The number of aromatic nitrogens is 1. The van der Waals surface area contributed by atoms with Crippen LogP contribution < -0.4 is 5.56 Å². The Balaban J connectivity index is 3.15. The standard InChI is InChI=1S/C10H10ClF2NO3/c1-2-17-7(15)3-5-6(9(12)13)4-14-10(16)8(5)11/h4,9H,2-3H2,1H3,(H,14,16). The van der Waals surface area contributed by atoms with Gasteiger partial charge in [-0.25, -0.2) is 8.78 Å². The van der Waals surface area contributed by atoms with Crippen LogP contribution in [0.2, 0.25) is 5.02 Å². The van der Waals surface area contributed by atoms with Crippen LogP contribution in [-0.4, -0.2) is 17.6 Å². The lowest BCUT2D eigenvalue weighted by Crippen LogP contribution is -2.16. The molecule has 0 radical (unpaired) electrons. The van der Waals surface area contributed by atoms with Gasteiger partial charge in [0.2, 0.25) is 0 Å². The minimum absolute atomic E-state index is 0.129. The molecule has 0 atom stereocenters. The number of rotatable bonds is 4. The third-order valence-electron chi connectivity index (χ3n) is 2.03. The molecular weight excluding hydrogens is 256 g/mol. The van der Waals surface area contributed by atoms with Crippen LogP contribution in [-0.2, 0) is 16.0 Å². The van der Waals surface area contributed by atoms with Crippen molar-refractivity contribution in [3.8, 4) is 0 Å². The van der Waals surface area contributed by atoms with Gasteiger partial charge < -0.3 is 9.72 Å². The fraction of sp³-hybridized carbons (Fsp3) is 0.400. The Morgan fingerprint density at radius 1 is 1.59 bits per heavy atom. The van der Waals surface area contributed by atoms with Crippen LogP contribution in [0.4, 0.5) is 8.78 Å². The molecule has 1 rings (SSSR count). The minimum Gasteiger partial charge on any atom is -0.466 e. The maximum absolute atomic E-state index is 12.6. The first-order valence-corrected chi connectivity index (χ1v) is 5.18. The number of aromatic amines is 1. The van der Waals surface area contributed by atoms with E-state index >= 15 is 0 Å². The van der Waals surface area contributed by atoms with Crippen molar-refractivity contribution in [3.05, 3.63) is 32.7 Å². The summed E-state index contributed by atoms with van der Waals surface area (Å²) in [6.07, 6.45) is -2.42. The highest BCUT2D eigenvalue weighted by Gasteiger charge is 2.20. The normalized spacial score (nSPS) is 10.6. The topological polar surface area (TPSA) is 59.2 Å². The summed E-state index contributed by atoms with van der Waals surface area (Å²) in [5.74, 6) is -0.707. The summed E-state index contributed by atoms with van der Waals surface area (Å²) in [7, 11) is 0. The lowest BCUT2D eigenvalue weighted by molar-refractivity contribution is -0.142. The van der Waals surface area contributed by atoms with Crippen molar-refractivity contribution in [3.63, 3.8) is 0 Å². The van der Waals surface area contributed by atoms with Gasteiger partial charge >= 0.3 is 5.97 Å². The Hall–Kier alpha value is -1.43. The zero-order valence-corrected chi connectivity index (χ0v) is 9.68. The number of halogens is 3. The van der Waals surface area contributed by atoms with Gasteiger partial charge in [-0.2, -0.15) is 0 Å². The molecule has 0 aromatic carbocycles. The number of ether oxygens (including phenoxy) is 1. The number of nitrogens with one attached hydrogen (secondary N) is 1. The van der Waals surface area contributed by atoms with Gasteiger partial charge in [-0.15, -0.1) is 0 Å². The van der Waals surface area contributed by atoms with Gasteiger partial charge in [0.25, 0.3) is 12.0 Å². The van der Waals surface area contributed by atoms with E-state index in [1.165, 1.54) is 0 Å². The quantitative estimate of drug-likeness (QED) is 0.848. The summed E-state index contributed by atoms with van der Waals surface area (Å²) in [4.78, 5) is 24.5. The van der Waals surface area contributed by atoms with E-state index in [2.05, 4.69) is 9.72 Å². The molecule has 1 aromatic heterocycles. The summed E-state index contributed by atoms with van der Waals surface area (Å²) in [5.41, 5.74) is -1.37. The molecule has 0 aliphatic carbocycles. The van der Waals surface area contributed by atoms with Crippen molar-refractivity contribution in [2.75, 3.05) is 6.61 Å². The summed E-state index contributed by atoms with van der Waals surface area (Å²) in [5, 5.41) is -0.407. The average Bonchev–Trinajstić information content (AvgIpc) is 2.25. The van der Waals surface area contributed by atoms with Crippen molar-refractivity contribution in [1.29, 1.82) is 0 Å². The maximum Gasteiger partial charge on any atom is 0.310 e. The van der Waals surface area contributed by atoms with E-state index in [9.17, 15) is 18.4 Å². The van der Waals surface area contributed by atoms with Gasteiger partial charge in [0, 0.05) is 11.8 Å². The molecule has 7 heteroatoms. The van der Waals surface area contributed by atoms with Crippen LogP contribution in [0.25, 0.3) is 0 Å². The minimum atomic E-state index is -2.83. The molecule has 1 N–H and O–H groups in total. The van der Waals surface area contributed by atoms with Gasteiger partial charge in [0.1, 0.15) is 5.02 Å². The van der Waals surface area contributed by atoms with E-state index in [-0.39, 0.29) is 12.2 Å². The molecule has 94 valence electrons. The molecule has 0 amide bonds. The highest BCUT2D eigenvalue weighted by atomic mass is 35.5. The van der Waals surface area contributed by atoms with E-state index in [1.54, 1.807) is 6.92 Å². The van der Waals surface area contributed by atoms with Crippen LogP contribution >= 0.6 is 11.6 Å². The Kier molecular flexibility index (Phi) is 4.62. The second-order valence-corrected chi connectivity index (χ2v) is 3.53. The number of alkyl halides is 2. The van der Waals surface area contributed by atoms with E-state index in [4.69, 9.17) is 11.6 Å². The van der Waals surface area contributed by atoms with Gasteiger partial charge in [-0.05, 0) is 12.5 Å². The number of carbonyl (C=O) groups is 1. The monoisotopic (exact) mass is 265 g/mol. The summed E-state index contributed by atoms with van der Waals surface area (Å²) < 4.78 is 29.9. The van der Waals surface area contributed by atoms with Crippen molar-refractivity contribution >= 4 is 17.6 Å². The first-order valence-electron chi connectivity index (χ1n) is 4.81. The van der Waals surface area contributed by atoms with Crippen molar-refractivity contribution in [2.24, 2.45) is 0 Å². The molecule has 0 bridgehead atoms. The molecule has 0 spiro atoms. The third-order valence-corrected chi connectivity index (χ3v) is 2.43. The van der Waals surface area contributed by atoms with E-state index in [0.717, 1.165) is 6.20 Å². The van der Waals surface area contributed by atoms with Crippen LogP contribution in [0, 0.1) is 0 Å². The highest BCUT2D eigenvalue weighted by molar-refractivity contribution is 6.31. The van der Waals surface area contributed by atoms with Gasteiger partial charge in [0.15, 0.2) is 0 Å². The zero-order chi connectivity index (χ0) is 13.0. The number of hydrogen-bond donors (Lipinski definition) is 1. The molecule has 0 saturated carbocycles. The molecule has 0 aliphatic rings. The number of hydrogen-bond acceptors (Lipinski definition) is 3. The zero-order valence-electron chi connectivity index (χ0n) is 8.93. The van der Waals surface area contributed by atoms with Crippen molar-refractivity contribution in [1.82, 2.24) is 4.98 Å². The van der Waals surface area contributed by atoms with Crippen molar-refractivity contribution in [2.45, 2.75) is 19.8 Å². The SMILES string of the molecule is CCOC(=O)Cc1c(C(F)F)c[nH]c(=O)c1Cl. The second kappa shape index (κ2) is 5.77. The number of H-pyrrole nitrogens is 1. The summed E-state index contributed by atoms with van der Waals surface area (Å²) in [6, 6.07) is 0. The number of esters is 1. The van der Waals surface area contributed by atoms with Gasteiger partial charge in [-0.3, -0.25) is 9.59 Å². The first kappa shape index (κ1) is 13.6. The fourth-order valence-corrected chi connectivity index (χ4v) is 1.52.